The Hall–Kier alpha value is -0.810. The monoisotopic (exact) mass is 229 g/mol. The Bertz CT molecular complexity index is 215. The first-order valence-electron chi connectivity index (χ1n) is 6.03. The summed E-state index contributed by atoms with van der Waals surface area (Å²) in [6, 6.07) is -0.490. The van der Waals surface area contributed by atoms with Crippen LogP contribution in [0.4, 0.5) is 4.79 Å². The Morgan fingerprint density at radius 2 is 1.94 bits per heavy atom. The number of nitrogens with two attached hydrogens (primary N) is 1. The van der Waals surface area contributed by atoms with E-state index in [4.69, 9.17) is 5.73 Å². The summed E-state index contributed by atoms with van der Waals surface area (Å²) < 4.78 is 0. The van der Waals surface area contributed by atoms with E-state index in [1.165, 1.54) is 19.3 Å². The van der Waals surface area contributed by atoms with Gasteiger partial charge in [-0.25, -0.2) is 4.79 Å². The minimum absolute atomic E-state index is 0.0605. The van der Waals surface area contributed by atoms with Crippen LogP contribution in [-0.2, 0) is 0 Å². The van der Waals surface area contributed by atoms with E-state index in [-0.39, 0.29) is 12.0 Å². The van der Waals surface area contributed by atoms with E-state index in [2.05, 4.69) is 10.6 Å². The van der Waals surface area contributed by atoms with Crippen LogP contribution >= 0.6 is 0 Å². The third-order valence-corrected chi connectivity index (χ3v) is 3.35. The first kappa shape index (κ1) is 13.3. The van der Waals surface area contributed by atoms with E-state index in [0.29, 0.717) is 13.1 Å². The number of aliphatic hydroxyl groups is 1. The second-order valence-electron chi connectivity index (χ2n) is 4.69. The highest BCUT2D eigenvalue weighted by Crippen LogP contribution is 2.34. The third-order valence-electron chi connectivity index (χ3n) is 3.35. The molecule has 1 aliphatic rings. The Balaban J connectivity index is 2.15. The minimum atomic E-state index is -0.490. The van der Waals surface area contributed by atoms with E-state index < -0.39 is 6.03 Å². The number of primary amides is 1. The molecule has 0 atom stereocenters. The lowest BCUT2D eigenvalue weighted by Crippen LogP contribution is -2.42. The average Bonchev–Trinajstić information content (AvgIpc) is 2.29. The van der Waals surface area contributed by atoms with Crippen molar-refractivity contribution in [2.45, 2.75) is 32.1 Å². The topological polar surface area (TPSA) is 87.4 Å². The summed E-state index contributed by atoms with van der Waals surface area (Å²) in [7, 11) is 0. The van der Waals surface area contributed by atoms with Crippen molar-refractivity contribution in [1.29, 1.82) is 0 Å². The van der Waals surface area contributed by atoms with Crippen molar-refractivity contribution in [3.8, 4) is 0 Å². The van der Waals surface area contributed by atoms with Crippen LogP contribution < -0.4 is 16.4 Å². The highest BCUT2D eigenvalue weighted by atomic mass is 16.3. The van der Waals surface area contributed by atoms with Gasteiger partial charge >= 0.3 is 6.03 Å². The quantitative estimate of drug-likeness (QED) is 0.490. The standard InChI is InChI=1S/C11H23N3O2/c12-10(16)14-7-6-13-8-11(9-15)4-2-1-3-5-11/h13,15H,1-9H2,(H3,12,14,16). The van der Waals surface area contributed by atoms with Crippen LogP contribution in [0.2, 0.25) is 0 Å². The summed E-state index contributed by atoms with van der Waals surface area (Å²) >= 11 is 0. The number of nitrogens with one attached hydrogen (secondary N) is 2. The van der Waals surface area contributed by atoms with E-state index in [1.54, 1.807) is 0 Å². The van der Waals surface area contributed by atoms with Gasteiger partial charge < -0.3 is 21.5 Å². The number of carbonyl (C=O) groups excluding carboxylic acids is 1. The molecule has 5 heteroatoms. The van der Waals surface area contributed by atoms with Gasteiger partial charge in [0.05, 0.1) is 0 Å². The van der Waals surface area contributed by atoms with Crippen molar-refractivity contribution in [3.05, 3.63) is 0 Å². The van der Waals surface area contributed by atoms with Crippen molar-refractivity contribution in [1.82, 2.24) is 10.6 Å². The molecule has 0 saturated heterocycles. The number of urea groups is 1. The number of amides is 2. The average molecular weight is 229 g/mol. The molecule has 5 N–H and O–H groups in total. The van der Waals surface area contributed by atoms with Gasteiger partial charge in [0.25, 0.3) is 0 Å². The zero-order valence-electron chi connectivity index (χ0n) is 9.80. The Morgan fingerprint density at radius 3 is 2.50 bits per heavy atom. The Morgan fingerprint density at radius 1 is 1.25 bits per heavy atom. The fourth-order valence-corrected chi connectivity index (χ4v) is 2.32. The molecule has 16 heavy (non-hydrogen) atoms. The van der Waals surface area contributed by atoms with Crippen molar-refractivity contribution in [2.75, 3.05) is 26.2 Å². The highest BCUT2D eigenvalue weighted by Gasteiger charge is 2.30. The predicted octanol–water partition coefficient (Wildman–Crippen LogP) is 0.187. The molecule has 0 aromatic carbocycles. The molecule has 1 rings (SSSR count). The van der Waals surface area contributed by atoms with Crippen LogP contribution in [-0.4, -0.2) is 37.4 Å². The zero-order valence-corrected chi connectivity index (χ0v) is 9.80. The van der Waals surface area contributed by atoms with Crippen molar-refractivity contribution >= 4 is 6.03 Å². The molecule has 5 nitrogen and oxygen atoms in total. The van der Waals surface area contributed by atoms with Crippen LogP contribution in [0, 0.1) is 5.41 Å². The van der Waals surface area contributed by atoms with E-state index in [0.717, 1.165) is 19.4 Å². The number of rotatable bonds is 6. The SMILES string of the molecule is NC(=O)NCCNCC1(CO)CCCCC1. The fourth-order valence-electron chi connectivity index (χ4n) is 2.32. The van der Waals surface area contributed by atoms with Crippen LogP contribution in [0.5, 0.6) is 0 Å². The van der Waals surface area contributed by atoms with E-state index in [9.17, 15) is 9.90 Å². The lowest BCUT2D eigenvalue weighted by molar-refractivity contribution is 0.0817. The second-order valence-corrected chi connectivity index (χ2v) is 4.69. The molecule has 0 radical (unpaired) electrons. The van der Waals surface area contributed by atoms with Gasteiger partial charge in [0.2, 0.25) is 0 Å². The predicted molar refractivity (Wildman–Crippen MR) is 63.1 cm³/mol. The maximum atomic E-state index is 10.4. The summed E-state index contributed by atoms with van der Waals surface area (Å²) in [6.45, 7) is 2.31. The van der Waals surface area contributed by atoms with Crippen molar-refractivity contribution in [3.63, 3.8) is 0 Å². The lowest BCUT2D eigenvalue weighted by atomic mass is 9.74. The van der Waals surface area contributed by atoms with E-state index >= 15 is 0 Å². The first-order valence-corrected chi connectivity index (χ1v) is 6.03. The van der Waals surface area contributed by atoms with Crippen LogP contribution in [0.15, 0.2) is 0 Å². The number of carbonyl (C=O) groups is 1. The molecule has 0 bridgehead atoms. The second kappa shape index (κ2) is 6.70. The summed E-state index contributed by atoms with van der Waals surface area (Å²) in [4.78, 5) is 10.4. The normalized spacial score (nSPS) is 19.3. The molecule has 0 unspecified atom stereocenters. The molecule has 1 fully saturated rings. The molecule has 2 amide bonds. The minimum Gasteiger partial charge on any atom is -0.396 e. The van der Waals surface area contributed by atoms with Gasteiger partial charge in [-0.1, -0.05) is 19.3 Å². The van der Waals surface area contributed by atoms with Crippen LogP contribution in [0.3, 0.4) is 0 Å². The van der Waals surface area contributed by atoms with Crippen LogP contribution in [0.1, 0.15) is 32.1 Å². The molecule has 0 heterocycles. The molecule has 0 aliphatic heterocycles. The van der Waals surface area contributed by atoms with Crippen molar-refractivity contribution in [2.24, 2.45) is 11.1 Å². The van der Waals surface area contributed by atoms with Gasteiger partial charge in [-0.3, -0.25) is 0 Å². The molecule has 0 aromatic rings. The summed E-state index contributed by atoms with van der Waals surface area (Å²) in [5.41, 5.74) is 5.01. The molecule has 94 valence electrons. The zero-order chi connectivity index (χ0) is 11.9. The van der Waals surface area contributed by atoms with Gasteiger partial charge in [-0.05, 0) is 12.8 Å². The number of hydrogen-bond donors (Lipinski definition) is 4. The summed E-state index contributed by atoms with van der Waals surface area (Å²) in [5.74, 6) is 0. The molecule has 0 spiro atoms. The first-order chi connectivity index (χ1) is 7.68. The highest BCUT2D eigenvalue weighted by molar-refractivity contribution is 5.71. The smallest absolute Gasteiger partial charge is 0.312 e. The molecule has 0 aromatic heterocycles. The Kier molecular flexibility index (Phi) is 5.55. The van der Waals surface area contributed by atoms with Gasteiger partial charge in [0.1, 0.15) is 0 Å². The number of aliphatic hydroxyl groups excluding tert-OH is 1. The molecule has 1 aliphatic carbocycles. The lowest BCUT2D eigenvalue weighted by Gasteiger charge is -2.35. The van der Waals surface area contributed by atoms with E-state index in [1.807, 2.05) is 0 Å². The van der Waals surface area contributed by atoms with Gasteiger partial charge in [-0.2, -0.15) is 0 Å². The van der Waals surface area contributed by atoms with Crippen LogP contribution in [0.25, 0.3) is 0 Å². The number of hydrogen-bond acceptors (Lipinski definition) is 3. The largest absolute Gasteiger partial charge is 0.396 e. The molecule has 1 saturated carbocycles. The molecular formula is C11H23N3O2. The van der Waals surface area contributed by atoms with Gasteiger partial charge in [0.15, 0.2) is 0 Å². The maximum absolute atomic E-state index is 10.4. The fraction of sp³-hybridized carbons (Fsp3) is 0.909. The summed E-state index contributed by atoms with van der Waals surface area (Å²) in [6.07, 6.45) is 5.90. The summed E-state index contributed by atoms with van der Waals surface area (Å²) in [5, 5.41) is 15.3. The van der Waals surface area contributed by atoms with Crippen molar-refractivity contribution < 1.29 is 9.90 Å². The molecular weight excluding hydrogens is 206 g/mol. The third kappa shape index (κ3) is 4.37. The Labute approximate surface area is 96.8 Å². The maximum Gasteiger partial charge on any atom is 0.312 e. The van der Waals surface area contributed by atoms with Gasteiger partial charge in [-0.15, -0.1) is 0 Å². The van der Waals surface area contributed by atoms with Gasteiger partial charge in [0, 0.05) is 31.7 Å².